The molecule has 0 rings (SSSR count). The SMILES string of the molecule is CCOC(=O)CN(CC)CC(Cl)=CCl. The van der Waals surface area contributed by atoms with E-state index in [0.717, 1.165) is 6.54 Å². The van der Waals surface area contributed by atoms with Crippen LogP contribution >= 0.6 is 23.2 Å². The van der Waals surface area contributed by atoms with Crippen molar-refractivity contribution in [3.8, 4) is 0 Å². The van der Waals surface area contributed by atoms with Crippen molar-refractivity contribution in [2.75, 3.05) is 26.2 Å². The summed E-state index contributed by atoms with van der Waals surface area (Å²) in [5.74, 6) is -0.242. The number of carbonyl (C=O) groups excluding carboxylic acids is 1. The molecule has 0 unspecified atom stereocenters. The topological polar surface area (TPSA) is 29.5 Å². The summed E-state index contributed by atoms with van der Waals surface area (Å²) in [4.78, 5) is 13.0. The molecule has 0 aliphatic carbocycles. The Bertz CT molecular complexity index is 207. The van der Waals surface area contributed by atoms with Gasteiger partial charge in [0.25, 0.3) is 0 Å². The van der Waals surface area contributed by atoms with Crippen molar-refractivity contribution in [2.45, 2.75) is 13.8 Å². The Hall–Kier alpha value is -0.250. The maximum Gasteiger partial charge on any atom is 0.320 e. The van der Waals surface area contributed by atoms with Crippen LogP contribution in [0.1, 0.15) is 13.8 Å². The molecule has 0 aromatic carbocycles. The second-order valence-electron chi connectivity index (χ2n) is 2.66. The summed E-state index contributed by atoms with van der Waals surface area (Å²) in [6.45, 7) is 5.55. The number of hydrogen-bond acceptors (Lipinski definition) is 3. The zero-order chi connectivity index (χ0) is 11.0. The number of rotatable bonds is 6. The van der Waals surface area contributed by atoms with Gasteiger partial charge in [-0.15, -0.1) is 0 Å². The molecule has 0 aromatic heterocycles. The maximum absolute atomic E-state index is 11.1. The third kappa shape index (κ3) is 6.24. The lowest BCUT2D eigenvalue weighted by molar-refractivity contribution is -0.144. The molecule has 0 fully saturated rings. The largest absolute Gasteiger partial charge is 0.465 e. The van der Waals surface area contributed by atoms with Crippen molar-refractivity contribution in [3.63, 3.8) is 0 Å². The van der Waals surface area contributed by atoms with E-state index in [-0.39, 0.29) is 12.5 Å². The number of nitrogens with zero attached hydrogens (tertiary/aromatic N) is 1. The van der Waals surface area contributed by atoms with Crippen molar-refractivity contribution in [2.24, 2.45) is 0 Å². The van der Waals surface area contributed by atoms with Gasteiger partial charge in [-0.1, -0.05) is 30.1 Å². The zero-order valence-corrected chi connectivity index (χ0v) is 9.94. The molecule has 0 N–H and O–H groups in total. The van der Waals surface area contributed by atoms with Crippen LogP contribution in [0.5, 0.6) is 0 Å². The molecular formula is C9H15Cl2NO2. The van der Waals surface area contributed by atoms with Gasteiger partial charge >= 0.3 is 5.97 Å². The smallest absolute Gasteiger partial charge is 0.320 e. The fraction of sp³-hybridized carbons (Fsp3) is 0.667. The Balaban J connectivity index is 3.96. The highest BCUT2D eigenvalue weighted by atomic mass is 35.5. The predicted octanol–water partition coefficient (Wildman–Crippen LogP) is 2.19. The highest BCUT2D eigenvalue weighted by Crippen LogP contribution is 2.05. The first kappa shape index (κ1) is 13.8. The van der Waals surface area contributed by atoms with Crippen LogP contribution in [-0.4, -0.2) is 37.1 Å². The van der Waals surface area contributed by atoms with Crippen molar-refractivity contribution >= 4 is 29.2 Å². The van der Waals surface area contributed by atoms with Crippen LogP contribution in [0.25, 0.3) is 0 Å². The molecule has 0 aromatic rings. The molecule has 0 saturated heterocycles. The van der Waals surface area contributed by atoms with E-state index in [1.165, 1.54) is 5.54 Å². The maximum atomic E-state index is 11.1. The summed E-state index contributed by atoms with van der Waals surface area (Å²) >= 11 is 11.1. The number of hydrogen-bond donors (Lipinski definition) is 0. The molecule has 0 heterocycles. The number of likely N-dealkylation sites (N-methyl/N-ethyl adjacent to an activating group) is 1. The van der Waals surface area contributed by atoms with Crippen LogP contribution in [0.2, 0.25) is 0 Å². The van der Waals surface area contributed by atoms with E-state index in [1.54, 1.807) is 6.92 Å². The molecule has 5 heteroatoms. The minimum atomic E-state index is -0.242. The normalized spacial score (nSPS) is 11.9. The van der Waals surface area contributed by atoms with E-state index in [1.807, 2.05) is 11.8 Å². The van der Waals surface area contributed by atoms with Gasteiger partial charge in [0.2, 0.25) is 0 Å². The highest BCUT2D eigenvalue weighted by molar-refractivity contribution is 6.36. The predicted molar refractivity (Wildman–Crippen MR) is 58.5 cm³/mol. The van der Waals surface area contributed by atoms with Crippen molar-refractivity contribution < 1.29 is 9.53 Å². The van der Waals surface area contributed by atoms with Crippen LogP contribution in [0.3, 0.4) is 0 Å². The average Bonchev–Trinajstić information content (AvgIpc) is 2.16. The summed E-state index contributed by atoms with van der Waals surface area (Å²) < 4.78 is 4.81. The summed E-state index contributed by atoms with van der Waals surface area (Å²) in [5.41, 5.74) is 1.30. The summed E-state index contributed by atoms with van der Waals surface area (Å²) in [5, 5.41) is 0.512. The van der Waals surface area contributed by atoms with E-state index in [9.17, 15) is 4.79 Å². The van der Waals surface area contributed by atoms with Gasteiger partial charge in [-0.05, 0) is 13.5 Å². The lowest BCUT2D eigenvalue weighted by atomic mass is 10.4. The zero-order valence-electron chi connectivity index (χ0n) is 8.43. The number of esters is 1. The van der Waals surface area contributed by atoms with Crippen molar-refractivity contribution in [1.82, 2.24) is 4.90 Å². The third-order valence-electron chi connectivity index (χ3n) is 1.60. The van der Waals surface area contributed by atoms with Crippen LogP contribution in [0.15, 0.2) is 10.6 Å². The molecule has 0 bridgehead atoms. The van der Waals surface area contributed by atoms with E-state index in [4.69, 9.17) is 27.9 Å². The summed E-state index contributed by atoms with van der Waals surface area (Å²) in [6.07, 6.45) is 0. The van der Waals surface area contributed by atoms with Gasteiger partial charge < -0.3 is 4.74 Å². The fourth-order valence-corrected chi connectivity index (χ4v) is 1.15. The molecule has 0 amide bonds. The quantitative estimate of drug-likeness (QED) is 0.666. The van der Waals surface area contributed by atoms with Gasteiger partial charge in [-0.25, -0.2) is 0 Å². The first-order valence-electron chi connectivity index (χ1n) is 4.46. The van der Waals surface area contributed by atoms with E-state index >= 15 is 0 Å². The number of ether oxygens (including phenoxy) is 1. The minimum absolute atomic E-state index is 0.241. The molecule has 14 heavy (non-hydrogen) atoms. The van der Waals surface area contributed by atoms with E-state index in [2.05, 4.69) is 0 Å². The van der Waals surface area contributed by atoms with Crippen molar-refractivity contribution in [1.29, 1.82) is 0 Å². The van der Waals surface area contributed by atoms with Gasteiger partial charge in [0.05, 0.1) is 13.2 Å². The van der Waals surface area contributed by atoms with Crippen LogP contribution in [0.4, 0.5) is 0 Å². The Morgan fingerprint density at radius 1 is 1.43 bits per heavy atom. The molecule has 0 aliphatic heterocycles. The van der Waals surface area contributed by atoms with Crippen LogP contribution in [0, 0.1) is 0 Å². The average molecular weight is 240 g/mol. The molecule has 0 saturated carbocycles. The lowest BCUT2D eigenvalue weighted by Crippen LogP contribution is -2.31. The number of carbonyl (C=O) groups is 1. The van der Waals surface area contributed by atoms with Crippen LogP contribution < -0.4 is 0 Å². The third-order valence-corrected chi connectivity index (χ3v) is 2.20. The Labute approximate surface area is 94.6 Å². The second-order valence-corrected chi connectivity index (χ2v) is 3.37. The molecular weight excluding hydrogens is 225 g/mol. The number of halogens is 2. The van der Waals surface area contributed by atoms with E-state index in [0.29, 0.717) is 18.2 Å². The molecule has 0 aliphatic rings. The van der Waals surface area contributed by atoms with Gasteiger partial charge in [0, 0.05) is 17.1 Å². The van der Waals surface area contributed by atoms with Crippen LogP contribution in [-0.2, 0) is 9.53 Å². The van der Waals surface area contributed by atoms with E-state index < -0.39 is 0 Å². The van der Waals surface area contributed by atoms with Gasteiger partial charge in [0.1, 0.15) is 0 Å². The van der Waals surface area contributed by atoms with Crippen molar-refractivity contribution in [3.05, 3.63) is 10.6 Å². The lowest BCUT2D eigenvalue weighted by Gasteiger charge is -2.18. The molecule has 3 nitrogen and oxygen atoms in total. The van der Waals surface area contributed by atoms with Gasteiger partial charge in [0.15, 0.2) is 0 Å². The second kappa shape index (κ2) is 8.09. The minimum Gasteiger partial charge on any atom is -0.465 e. The monoisotopic (exact) mass is 239 g/mol. The first-order valence-corrected chi connectivity index (χ1v) is 5.28. The first-order chi connectivity index (χ1) is 6.63. The van der Waals surface area contributed by atoms with Gasteiger partial charge in [-0.3, -0.25) is 9.69 Å². The standard InChI is InChI=1S/C9H15Cl2NO2/c1-3-12(6-8(11)5-10)7-9(13)14-4-2/h5H,3-4,6-7H2,1-2H3. The summed E-state index contributed by atoms with van der Waals surface area (Å²) in [7, 11) is 0. The molecule has 0 spiro atoms. The fourth-order valence-electron chi connectivity index (χ4n) is 0.917. The Morgan fingerprint density at radius 3 is 2.50 bits per heavy atom. The summed E-state index contributed by atoms with van der Waals surface area (Å²) in [6, 6.07) is 0. The Morgan fingerprint density at radius 2 is 2.07 bits per heavy atom. The Kier molecular flexibility index (Phi) is 7.95. The highest BCUT2D eigenvalue weighted by Gasteiger charge is 2.10. The molecule has 0 radical (unpaired) electrons. The molecule has 82 valence electrons. The molecule has 0 atom stereocenters. The van der Waals surface area contributed by atoms with Gasteiger partial charge in [-0.2, -0.15) is 0 Å².